The molecule has 1 aromatic heterocycles. The molecule has 0 aliphatic rings. The van der Waals surface area contributed by atoms with E-state index >= 15 is 0 Å². The number of nitrogens with one attached hydrogen (secondary N) is 1. The molecule has 1 heterocycles. The lowest BCUT2D eigenvalue weighted by atomic mass is 10.1. The Morgan fingerprint density at radius 1 is 1.03 bits per heavy atom. The van der Waals surface area contributed by atoms with Crippen LogP contribution in [0.25, 0.3) is 5.69 Å². The Morgan fingerprint density at radius 3 is 2.29 bits per heavy atom. The summed E-state index contributed by atoms with van der Waals surface area (Å²) >= 11 is 0. The minimum Gasteiger partial charge on any atom is -0.482 e. The molecule has 1 N–H and O–H groups in total. The minimum absolute atomic E-state index is 0.00924. The van der Waals surface area contributed by atoms with Gasteiger partial charge in [0.1, 0.15) is 11.4 Å². The Balaban J connectivity index is 1.59. The summed E-state index contributed by atoms with van der Waals surface area (Å²) in [6.07, 6.45) is -0.750. The van der Waals surface area contributed by atoms with Crippen molar-refractivity contribution < 1.29 is 23.9 Å². The van der Waals surface area contributed by atoms with Crippen LogP contribution in [-0.4, -0.2) is 39.7 Å². The van der Waals surface area contributed by atoms with Crippen LogP contribution in [0.5, 0.6) is 5.75 Å². The molecule has 3 rings (SSSR count). The fourth-order valence-electron chi connectivity index (χ4n) is 3.31. The monoisotopic (exact) mass is 465 g/mol. The summed E-state index contributed by atoms with van der Waals surface area (Å²) in [6.45, 7) is 4.48. The van der Waals surface area contributed by atoms with Gasteiger partial charge in [-0.25, -0.2) is 9.48 Å². The first kappa shape index (κ1) is 24.5. The highest BCUT2D eigenvalue weighted by atomic mass is 16.6. The van der Waals surface area contributed by atoms with Gasteiger partial charge in [-0.1, -0.05) is 25.1 Å². The predicted octanol–water partition coefficient (Wildman–Crippen LogP) is 3.03. The van der Waals surface area contributed by atoms with Gasteiger partial charge in [-0.15, -0.1) is 0 Å². The molecule has 1 atom stereocenters. The third-order valence-corrected chi connectivity index (χ3v) is 5.33. The third-order valence-electron chi connectivity index (χ3n) is 5.33. The zero-order chi connectivity index (χ0) is 24.8. The van der Waals surface area contributed by atoms with E-state index in [4.69, 9.17) is 9.47 Å². The van der Waals surface area contributed by atoms with Crippen LogP contribution in [0, 0.1) is 6.92 Å². The number of aromatic nitrogens is 2. The van der Waals surface area contributed by atoms with Gasteiger partial charge < -0.3 is 14.8 Å². The number of anilines is 1. The number of rotatable bonds is 9. The first-order chi connectivity index (χ1) is 16.2. The molecule has 0 fully saturated rings. The Morgan fingerprint density at radius 2 is 1.68 bits per heavy atom. The number of esters is 1. The number of ketones is 1. The van der Waals surface area contributed by atoms with Gasteiger partial charge in [-0.3, -0.25) is 19.1 Å². The van der Waals surface area contributed by atoms with E-state index in [1.165, 1.54) is 11.6 Å². The first-order valence-corrected chi connectivity index (χ1v) is 10.8. The number of nitrogens with zero attached hydrogens (tertiary/aromatic N) is 2. The van der Waals surface area contributed by atoms with Gasteiger partial charge >= 0.3 is 5.97 Å². The van der Waals surface area contributed by atoms with Crippen LogP contribution < -0.4 is 15.6 Å². The van der Waals surface area contributed by atoms with Crippen molar-refractivity contribution in [3.05, 3.63) is 76.2 Å². The second-order valence-electron chi connectivity index (χ2n) is 7.65. The highest BCUT2D eigenvalue weighted by Gasteiger charge is 2.23. The Kier molecular flexibility index (Phi) is 7.68. The maximum atomic E-state index is 12.9. The van der Waals surface area contributed by atoms with Gasteiger partial charge in [-0.05, 0) is 50.2 Å². The lowest BCUT2D eigenvalue weighted by Gasteiger charge is -2.13. The van der Waals surface area contributed by atoms with Crippen molar-refractivity contribution in [1.29, 1.82) is 0 Å². The molecule has 0 saturated carbocycles. The Bertz CT molecular complexity index is 1240. The molecule has 9 heteroatoms. The van der Waals surface area contributed by atoms with Gasteiger partial charge in [0.2, 0.25) is 0 Å². The second-order valence-corrected chi connectivity index (χ2v) is 7.65. The van der Waals surface area contributed by atoms with Crippen molar-refractivity contribution in [2.45, 2.75) is 33.3 Å². The van der Waals surface area contributed by atoms with Crippen LogP contribution >= 0.6 is 0 Å². The number of Topliss-reactive ketones (excluding diaryl/α,β-unsaturated/α-hetero) is 1. The summed E-state index contributed by atoms with van der Waals surface area (Å²) < 4.78 is 13.6. The zero-order valence-electron chi connectivity index (χ0n) is 19.5. The summed E-state index contributed by atoms with van der Waals surface area (Å²) in [5.74, 6) is -0.984. The number of hydrogen-bond donors (Lipinski definition) is 1. The smallest absolute Gasteiger partial charge is 0.344 e. The maximum Gasteiger partial charge on any atom is 0.344 e. The van der Waals surface area contributed by atoms with E-state index in [1.807, 2.05) is 18.2 Å². The first-order valence-electron chi connectivity index (χ1n) is 10.8. The van der Waals surface area contributed by atoms with Crippen LogP contribution in [0.15, 0.2) is 59.4 Å². The standard InChI is InChI=1S/C25H27N3O6/c1-5-21(29)18-11-13-20(14-12-18)33-15-22(30)34-17(3)24(31)26-23-16(2)27(4)28(25(23)32)19-9-7-6-8-10-19/h6-14,17H,5,15H2,1-4H3,(H,26,31)/t17-/m0/s1. The summed E-state index contributed by atoms with van der Waals surface area (Å²) in [7, 11) is 1.71. The van der Waals surface area contributed by atoms with Crippen molar-refractivity contribution in [3.8, 4) is 11.4 Å². The summed E-state index contributed by atoms with van der Waals surface area (Å²) in [4.78, 5) is 49.3. The average molecular weight is 466 g/mol. The number of amides is 1. The molecule has 34 heavy (non-hydrogen) atoms. The molecular weight excluding hydrogens is 438 g/mol. The van der Waals surface area contributed by atoms with Gasteiger partial charge in [0, 0.05) is 19.0 Å². The van der Waals surface area contributed by atoms with Crippen molar-refractivity contribution in [2.75, 3.05) is 11.9 Å². The van der Waals surface area contributed by atoms with Crippen molar-refractivity contribution in [2.24, 2.45) is 7.05 Å². The molecule has 0 spiro atoms. The van der Waals surface area contributed by atoms with Gasteiger partial charge in [0.15, 0.2) is 18.5 Å². The van der Waals surface area contributed by atoms with Gasteiger partial charge in [0.25, 0.3) is 11.5 Å². The number of para-hydroxylation sites is 1. The SMILES string of the molecule is CCC(=O)c1ccc(OCC(=O)O[C@@H](C)C(=O)Nc2c(C)n(C)n(-c3ccccc3)c2=O)cc1. The van der Waals surface area contributed by atoms with E-state index in [2.05, 4.69) is 5.32 Å². The van der Waals surface area contributed by atoms with E-state index in [0.29, 0.717) is 29.1 Å². The Labute approximate surface area is 196 Å². The molecule has 178 valence electrons. The molecule has 0 unspecified atom stereocenters. The number of hydrogen-bond acceptors (Lipinski definition) is 6. The van der Waals surface area contributed by atoms with Crippen LogP contribution in [0.3, 0.4) is 0 Å². The zero-order valence-corrected chi connectivity index (χ0v) is 19.5. The average Bonchev–Trinajstić information content (AvgIpc) is 3.05. The number of carbonyl (C=O) groups excluding carboxylic acids is 3. The second kappa shape index (κ2) is 10.7. The lowest BCUT2D eigenvalue weighted by molar-refractivity contribution is -0.155. The molecule has 0 aliphatic carbocycles. The molecule has 0 aliphatic heterocycles. The largest absolute Gasteiger partial charge is 0.482 e. The highest BCUT2D eigenvalue weighted by Crippen LogP contribution is 2.15. The number of ether oxygens (including phenoxy) is 2. The Hall–Kier alpha value is -4.14. The normalized spacial score (nSPS) is 11.5. The molecular formula is C25H27N3O6. The van der Waals surface area contributed by atoms with Crippen LogP contribution in [-0.2, 0) is 21.4 Å². The quantitative estimate of drug-likeness (QED) is 0.384. The van der Waals surface area contributed by atoms with Gasteiger partial charge in [-0.2, -0.15) is 0 Å². The molecule has 1 amide bonds. The van der Waals surface area contributed by atoms with E-state index in [9.17, 15) is 19.2 Å². The van der Waals surface area contributed by atoms with Crippen molar-refractivity contribution in [3.63, 3.8) is 0 Å². The van der Waals surface area contributed by atoms with Crippen LogP contribution in [0.4, 0.5) is 5.69 Å². The van der Waals surface area contributed by atoms with Crippen LogP contribution in [0.1, 0.15) is 36.3 Å². The predicted molar refractivity (Wildman–Crippen MR) is 126 cm³/mol. The van der Waals surface area contributed by atoms with E-state index in [-0.39, 0.29) is 11.5 Å². The minimum atomic E-state index is -1.15. The lowest BCUT2D eigenvalue weighted by Crippen LogP contribution is -2.33. The fraction of sp³-hybridized carbons (Fsp3) is 0.280. The van der Waals surface area contributed by atoms with E-state index < -0.39 is 30.1 Å². The summed E-state index contributed by atoms with van der Waals surface area (Å²) in [5.41, 5.74) is 1.48. The molecule has 0 radical (unpaired) electrons. The van der Waals surface area contributed by atoms with Crippen molar-refractivity contribution in [1.82, 2.24) is 9.36 Å². The molecule has 0 bridgehead atoms. The third kappa shape index (κ3) is 5.43. The number of benzene rings is 2. The number of carbonyl (C=O) groups is 3. The van der Waals surface area contributed by atoms with E-state index in [1.54, 1.807) is 62.0 Å². The highest BCUT2D eigenvalue weighted by molar-refractivity contribution is 5.96. The summed E-state index contributed by atoms with van der Waals surface area (Å²) in [5, 5.41) is 2.57. The molecule has 3 aromatic rings. The molecule has 9 nitrogen and oxygen atoms in total. The molecule has 2 aromatic carbocycles. The summed E-state index contributed by atoms with van der Waals surface area (Å²) in [6, 6.07) is 15.4. The fourth-order valence-corrected chi connectivity index (χ4v) is 3.31. The van der Waals surface area contributed by atoms with Crippen LogP contribution in [0.2, 0.25) is 0 Å². The van der Waals surface area contributed by atoms with Crippen molar-refractivity contribution >= 4 is 23.3 Å². The van der Waals surface area contributed by atoms with Gasteiger partial charge in [0.05, 0.1) is 11.4 Å². The van der Waals surface area contributed by atoms with E-state index in [0.717, 1.165) is 0 Å². The topological polar surface area (TPSA) is 109 Å². The molecule has 0 saturated heterocycles. The maximum absolute atomic E-state index is 12.9.